The normalized spacial score (nSPS) is 13.6. The molecule has 0 aliphatic heterocycles. The molecule has 242 valence electrons. The SMILES string of the molecule is CC(C)c1cccc(C(C)C)c1-n1ccn(-c2c(C(C)C)cccc2C(C)C)c1=N[Si][Si](C(C)(C)C)(C(C)(C)C)C(C)(C)C. The Bertz CT molecular complexity index is 1320. The van der Waals surface area contributed by atoms with E-state index in [4.69, 9.17) is 4.66 Å². The van der Waals surface area contributed by atoms with Crippen molar-refractivity contribution in [2.45, 2.75) is 156 Å². The zero-order valence-electron chi connectivity index (χ0n) is 31.3. The number of hydrogen-bond donors (Lipinski definition) is 0. The molecule has 2 radical (unpaired) electrons. The van der Waals surface area contributed by atoms with Crippen molar-refractivity contribution in [3.63, 3.8) is 0 Å². The van der Waals surface area contributed by atoms with E-state index in [9.17, 15) is 0 Å². The van der Waals surface area contributed by atoms with Crippen molar-refractivity contribution in [1.29, 1.82) is 0 Å². The lowest BCUT2D eigenvalue weighted by Gasteiger charge is -2.58. The summed E-state index contributed by atoms with van der Waals surface area (Å²) in [5, 5.41) is 0.517. The van der Waals surface area contributed by atoms with Gasteiger partial charge in [-0.2, -0.15) is 0 Å². The second-order valence-corrected chi connectivity index (χ2v) is 26.6. The summed E-state index contributed by atoms with van der Waals surface area (Å²) < 4.78 is 10.8. The Hall–Kier alpha value is -2.12. The number of benzene rings is 2. The molecule has 0 amide bonds. The standard InChI is InChI=1S/C39H63N3Si2/c1-26(2)30-20-18-21-31(27(3)4)34(30)41-24-25-42(35-32(28(5)6)22-19-23-33(35)29(7)8)36(41)40-43-44(37(9,10)11,38(12,13)14)39(15,16)17/h18-29H,1-17H3. The molecule has 0 saturated carbocycles. The lowest BCUT2D eigenvalue weighted by molar-refractivity contribution is 0.555. The summed E-state index contributed by atoms with van der Waals surface area (Å²) in [6, 6.07) is 13.8. The molecule has 0 saturated heterocycles. The van der Waals surface area contributed by atoms with Gasteiger partial charge in [0, 0.05) is 12.4 Å². The van der Waals surface area contributed by atoms with Gasteiger partial charge in [-0.15, -0.1) is 0 Å². The Labute approximate surface area is 274 Å². The monoisotopic (exact) mass is 629 g/mol. The first kappa shape index (κ1) is 36.4. The smallest absolute Gasteiger partial charge is 0.204 e. The van der Waals surface area contributed by atoms with E-state index in [1.807, 2.05) is 0 Å². The first-order chi connectivity index (χ1) is 20.1. The first-order valence-corrected chi connectivity index (χ1v) is 20.9. The van der Waals surface area contributed by atoms with Gasteiger partial charge in [-0.25, -0.2) is 0 Å². The van der Waals surface area contributed by atoms with E-state index >= 15 is 0 Å². The van der Waals surface area contributed by atoms with Gasteiger partial charge in [0.25, 0.3) is 0 Å². The molecule has 3 aromatic rings. The van der Waals surface area contributed by atoms with Crippen LogP contribution < -0.4 is 5.62 Å². The molecule has 3 nitrogen and oxygen atoms in total. The van der Waals surface area contributed by atoms with Crippen molar-refractivity contribution >= 4 is 16.8 Å². The molecule has 44 heavy (non-hydrogen) atoms. The fraction of sp³-hybridized carbons (Fsp3) is 0.615. The van der Waals surface area contributed by atoms with Crippen LogP contribution in [0, 0.1) is 0 Å². The number of imidazole rings is 1. The van der Waals surface area contributed by atoms with Crippen molar-refractivity contribution < 1.29 is 0 Å². The van der Waals surface area contributed by atoms with Gasteiger partial charge >= 0.3 is 0 Å². The largest absolute Gasteiger partial charge is 0.297 e. The quantitative estimate of drug-likeness (QED) is 0.221. The first-order valence-electron chi connectivity index (χ1n) is 17.0. The van der Waals surface area contributed by atoms with E-state index in [0.717, 1.165) is 5.62 Å². The lowest BCUT2D eigenvalue weighted by Crippen LogP contribution is -2.63. The van der Waals surface area contributed by atoms with Crippen LogP contribution in [0.5, 0.6) is 0 Å². The maximum Gasteiger partial charge on any atom is 0.204 e. The average Bonchev–Trinajstić information content (AvgIpc) is 3.28. The molecule has 1 aromatic heterocycles. The van der Waals surface area contributed by atoms with Crippen LogP contribution in [0.4, 0.5) is 0 Å². The third-order valence-electron chi connectivity index (χ3n) is 9.66. The maximum absolute atomic E-state index is 5.91. The second kappa shape index (κ2) is 12.9. The Morgan fingerprint density at radius 2 is 0.795 bits per heavy atom. The highest BCUT2D eigenvalue weighted by Crippen LogP contribution is 2.61. The van der Waals surface area contributed by atoms with Crippen molar-refractivity contribution in [2.24, 2.45) is 4.66 Å². The maximum atomic E-state index is 5.91. The molecule has 3 rings (SSSR count). The van der Waals surface area contributed by atoms with Crippen LogP contribution in [-0.4, -0.2) is 25.9 Å². The third kappa shape index (κ3) is 6.56. The Morgan fingerprint density at radius 1 is 0.523 bits per heavy atom. The van der Waals surface area contributed by atoms with E-state index in [-0.39, 0.29) is 15.1 Å². The summed E-state index contributed by atoms with van der Waals surface area (Å²) in [7, 11) is -1.60. The summed E-state index contributed by atoms with van der Waals surface area (Å²) in [6.45, 7) is 40.9. The van der Waals surface area contributed by atoms with Crippen molar-refractivity contribution in [3.8, 4) is 11.4 Å². The zero-order valence-corrected chi connectivity index (χ0v) is 33.3. The minimum Gasteiger partial charge on any atom is -0.297 e. The number of hydrogen-bond acceptors (Lipinski definition) is 1. The molecule has 0 atom stereocenters. The minimum atomic E-state index is -2.11. The van der Waals surface area contributed by atoms with Crippen LogP contribution in [0.3, 0.4) is 0 Å². The summed E-state index contributed by atoms with van der Waals surface area (Å²) in [6.07, 6.45) is 4.60. The van der Waals surface area contributed by atoms with Crippen LogP contribution >= 0.6 is 0 Å². The van der Waals surface area contributed by atoms with Crippen LogP contribution in [-0.2, 0) is 0 Å². The molecule has 0 N–H and O–H groups in total. The lowest BCUT2D eigenvalue weighted by atomic mass is 9.92. The Kier molecular flexibility index (Phi) is 10.7. The van der Waals surface area contributed by atoms with Crippen LogP contribution in [0.1, 0.15) is 164 Å². The van der Waals surface area contributed by atoms with Gasteiger partial charge in [0.15, 0.2) is 0 Å². The highest BCUT2D eigenvalue weighted by Gasteiger charge is 2.60. The number of para-hydroxylation sites is 2. The molecule has 0 aliphatic rings. The van der Waals surface area contributed by atoms with Crippen molar-refractivity contribution in [3.05, 3.63) is 76.7 Å². The minimum absolute atomic E-state index is 0.172. The van der Waals surface area contributed by atoms with Crippen molar-refractivity contribution in [2.75, 3.05) is 0 Å². The molecule has 5 heteroatoms. The summed E-state index contributed by atoms with van der Waals surface area (Å²) in [5.74, 6) is 1.60. The van der Waals surface area contributed by atoms with Crippen molar-refractivity contribution in [1.82, 2.24) is 9.13 Å². The molecular weight excluding hydrogens is 567 g/mol. The van der Waals surface area contributed by atoms with Gasteiger partial charge in [0.2, 0.25) is 14.8 Å². The van der Waals surface area contributed by atoms with Gasteiger partial charge in [0.05, 0.1) is 19.0 Å². The predicted octanol–water partition coefficient (Wildman–Crippen LogP) is 11.6. The Morgan fingerprint density at radius 3 is 1.02 bits per heavy atom. The highest BCUT2D eigenvalue weighted by atomic mass is 29.2. The summed E-state index contributed by atoms with van der Waals surface area (Å²) in [5.41, 5.74) is 9.20. The van der Waals surface area contributed by atoms with Gasteiger partial charge < -0.3 is 0 Å². The highest BCUT2D eigenvalue weighted by molar-refractivity contribution is 7.28. The molecule has 2 aromatic carbocycles. The molecule has 0 aliphatic carbocycles. The van der Waals surface area contributed by atoms with Crippen LogP contribution in [0.15, 0.2) is 53.4 Å². The molecule has 0 bridgehead atoms. The predicted molar refractivity (Wildman–Crippen MR) is 198 cm³/mol. The summed E-state index contributed by atoms with van der Waals surface area (Å²) >= 11 is 0. The fourth-order valence-electron chi connectivity index (χ4n) is 8.43. The van der Waals surface area contributed by atoms with E-state index in [1.54, 1.807) is 0 Å². The third-order valence-corrected chi connectivity index (χ3v) is 25.1. The average molecular weight is 630 g/mol. The number of aromatic nitrogens is 2. The van der Waals surface area contributed by atoms with Gasteiger partial charge in [-0.3, -0.25) is 13.8 Å². The topological polar surface area (TPSA) is 22.2 Å². The zero-order chi connectivity index (χ0) is 33.6. The van der Waals surface area contributed by atoms with Gasteiger partial charge in [0.1, 0.15) is 0 Å². The Balaban J connectivity index is 2.63. The van der Waals surface area contributed by atoms with E-state index in [1.165, 1.54) is 33.6 Å². The van der Waals surface area contributed by atoms with Gasteiger partial charge in [-0.1, -0.05) is 154 Å². The van der Waals surface area contributed by atoms with Crippen LogP contribution in [0.25, 0.3) is 11.4 Å². The number of rotatable bonds is 8. The summed E-state index contributed by atoms with van der Waals surface area (Å²) in [4.78, 5) is 0. The second-order valence-electron chi connectivity index (χ2n) is 17.3. The van der Waals surface area contributed by atoms with E-state index in [0.29, 0.717) is 32.9 Å². The fourth-order valence-corrected chi connectivity index (χ4v) is 20.5. The molecule has 1 heterocycles. The molecule has 0 unspecified atom stereocenters. The molecular formula is C39H63N3Si2. The van der Waals surface area contributed by atoms with E-state index < -0.39 is 7.59 Å². The van der Waals surface area contributed by atoms with Gasteiger partial charge in [-0.05, 0) is 61.0 Å². The van der Waals surface area contributed by atoms with E-state index in [2.05, 4.69) is 176 Å². The molecule has 0 spiro atoms. The molecule has 0 fully saturated rings. The van der Waals surface area contributed by atoms with Crippen LogP contribution in [0.2, 0.25) is 15.1 Å². The number of nitrogens with zero attached hydrogens (tertiary/aromatic N) is 3.